The molecule has 2 nitrogen and oxygen atoms in total. The van der Waals surface area contributed by atoms with Gasteiger partial charge in [-0.1, -0.05) is 11.6 Å². The molecule has 0 bridgehead atoms. The van der Waals surface area contributed by atoms with E-state index in [0.29, 0.717) is 10.0 Å². The summed E-state index contributed by atoms with van der Waals surface area (Å²) in [5.41, 5.74) is 0.464. The van der Waals surface area contributed by atoms with Crippen molar-refractivity contribution in [2.75, 3.05) is 0 Å². The highest BCUT2D eigenvalue weighted by Crippen LogP contribution is 2.38. The third-order valence-electron chi connectivity index (χ3n) is 1.50. The number of aldehydes is 1. The van der Waals surface area contributed by atoms with Gasteiger partial charge in [-0.3, -0.25) is 4.79 Å². The normalized spacial score (nSPS) is 10.4. The number of carbonyl (C=O) groups excluding carboxylic acids is 1. The van der Waals surface area contributed by atoms with Crippen molar-refractivity contribution < 1.29 is 4.79 Å². The van der Waals surface area contributed by atoms with E-state index in [1.807, 2.05) is 6.07 Å². The highest BCUT2D eigenvalue weighted by molar-refractivity contribution is 9.10. The molecule has 0 spiro atoms. The summed E-state index contributed by atoms with van der Waals surface area (Å²) in [6, 6.07) is 1.90. The molecule has 0 aromatic carbocycles. The van der Waals surface area contributed by atoms with Gasteiger partial charge in [-0.05, 0) is 22.0 Å². The van der Waals surface area contributed by atoms with Crippen molar-refractivity contribution in [3.05, 3.63) is 25.9 Å². The third-order valence-corrected chi connectivity index (χ3v) is 5.00. The Kier molecular flexibility index (Phi) is 3.02. The summed E-state index contributed by atoms with van der Waals surface area (Å²) < 4.78 is 1.56. The van der Waals surface area contributed by atoms with Crippen molar-refractivity contribution in [1.82, 2.24) is 4.98 Å². The molecule has 2 aromatic rings. The molecular formula is C8H3BrClNOS2. The highest BCUT2D eigenvalue weighted by atomic mass is 79.9. The van der Waals surface area contributed by atoms with Crippen LogP contribution in [-0.4, -0.2) is 11.3 Å². The van der Waals surface area contributed by atoms with Gasteiger partial charge in [0.1, 0.15) is 15.0 Å². The summed E-state index contributed by atoms with van der Waals surface area (Å²) in [4.78, 5) is 15.5. The van der Waals surface area contributed by atoms with Crippen LogP contribution in [-0.2, 0) is 0 Å². The number of halogens is 2. The second-order valence-electron chi connectivity index (χ2n) is 2.43. The molecule has 6 heteroatoms. The fourth-order valence-electron chi connectivity index (χ4n) is 0.905. The SMILES string of the molecule is O=Cc1csc(-c2cc(Br)c(Cl)s2)n1. The van der Waals surface area contributed by atoms with Gasteiger partial charge in [-0.25, -0.2) is 4.98 Å². The Bertz CT molecular complexity index is 460. The molecule has 0 N–H and O–H groups in total. The van der Waals surface area contributed by atoms with Crippen LogP contribution in [0.15, 0.2) is 15.9 Å². The molecule has 2 rings (SSSR count). The first kappa shape index (κ1) is 10.3. The van der Waals surface area contributed by atoms with Gasteiger partial charge in [0, 0.05) is 9.85 Å². The molecule has 0 saturated carbocycles. The van der Waals surface area contributed by atoms with E-state index in [9.17, 15) is 4.79 Å². The predicted octanol–water partition coefficient (Wildman–Crippen LogP) is 4.10. The summed E-state index contributed by atoms with van der Waals surface area (Å²) in [6.45, 7) is 0. The fourth-order valence-corrected chi connectivity index (χ4v) is 3.43. The molecule has 0 aliphatic heterocycles. The first-order chi connectivity index (χ1) is 6.70. The maximum Gasteiger partial charge on any atom is 0.169 e. The van der Waals surface area contributed by atoms with Crippen LogP contribution in [0.25, 0.3) is 9.88 Å². The average molecular weight is 309 g/mol. The standard InChI is InChI=1S/C8H3BrClNOS2/c9-5-1-6(14-7(5)10)8-11-4(2-12)3-13-8/h1-3H. The van der Waals surface area contributed by atoms with Gasteiger partial charge in [0.25, 0.3) is 0 Å². The maximum atomic E-state index is 10.4. The van der Waals surface area contributed by atoms with Crippen LogP contribution in [0.1, 0.15) is 10.5 Å². The predicted molar refractivity (Wildman–Crippen MR) is 63.5 cm³/mol. The summed E-state index contributed by atoms with van der Waals surface area (Å²) in [5, 5.41) is 2.55. The van der Waals surface area contributed by atoms with Crippen molar-refractivity contribution in [3.63, 3.8) is 0 Å². The quantitative estimate of drug-likeness (QED) is 0.782. The van der Waals surface area contributed by atoms with E-state index in [0.717, 1.165) is 20.6 Å². The maximum absolute atomic E-state index is 10.4. The van der Waals surface area contributed by atoms with Crippen LogP contribution in [0.4, 0.5) is 0 Å². The molecule has 0 atom stereocenters. The van der Waals surface area contributed by atoms with E-state index in [2.05, 4.69) is 20.9 Å². The van der Waals surface area contributed by atoms with E-state index in [1.54, 1.807) is 5.38 Å². The number of rotatable bonds is 2. The van der Waals surface area contributed by atoms with Crippen LogP contribution >= 0.6 is 50.2 Å². The topological polar surface area (TPSA) is 30.0 Å². The second kappa shape index (κ2) is 4.10. The average Bonchev–Trinajstić information content (AvgIpc) is 2.74. The van der Waals surface area contributed by atoms with E-state index < -0.39 is 0 Å². The number of thiazole rings is 1. The molecule has 0 unspecified atom stereocenters. The van der Waals surface area contributed by atoms with Crippen LogP contribution in [0.3, 0.4) is 0 Å². The van der Waals surface area contributed by atoms with E-state index in [-0.39, 0.29) is 0 Å². The monoisotopic (exact) mass is 307 g/mol. The van der Waals surface area contributed by atoms with Crippen molar-refractivity contribution >= 4 is 56.5 Å². The molecule has 0 aliphatic rings. The van der Waals surface area contributed by atoms with Crippen LogP contribution in [0.2, 0.25) is 4.34 Å². The van der Waals surface area contributed by atoms with Gasteiger partial charge < -0.3 is 0 Å². The zero-order chi connectivity index (χ0) is 10.1. The van der Waals surface area contributed by atoms with Gasteiger partial charge in [-0.15, -0.1) is 22.7 Å². The van der Waals surface area contributed by atoms with Crippen molar-refractivity contribution in [3.8, 4) is 9.88 Å². The minimum absolute atomic E-state index is 0.464. The first-order valence-electron chi connectivity index (χ1n) is 3.56. The molecule has 14 heavy (non-hydrogen) atoms. The first-order valence-corrected chi connectivity index (χ1v) is 6.43. The number of aromatic nitrogens is 1. The number of carbonyl (C=O) groups is 1. The molecule has 0 radical (unpaired) electrons. The number of nitrogens with zero attached hydrogens (tertiary/aromatic N) is 1. The zero-order valence-corrected chi connectivity index (χ0v) is 10.6. The minimum atomic E-state index is 0.464. The van der Waals surface area contributed by atoms with Gasteiger partial charge in [-0.2, -0.15) is 0 Å². The molecule has 2 heterocycles. The summed E-state index contributed by atoms with van der Waals surface area (Å²) in [7, 11) is 0. The van der Waals surface area contributed by atoms with Crippen molar-refractivity contribution in [2.45, 2.75) is 0 Å². The lowest BCUT2D eigenvalue weighted by molar-refractivity contribution is 0.111. The second-order valence-corrected chi connectivity index (χ2v) is 5.79. The Morgan fingerprint density at radius 3 is 2.86 bits per heavy atom. The fraction of sp³-hybridized carbons (Fsp3) is 0. The summed E-state index contributed by atoms with van der Waals surface area (Å²) >= 11 is 12.1. The van der Waals surface area contributed by atoms with Gasteiger partial charge in [0.2, 0.25) is 0 Å². The molecule has 2 aromatic heterocycles. The smallest absolute Gasteiger partial charge is 0.169 e. The molecule has 72 valence electrons. The van der Waals surface area contributed by atoms with E-state index in [4.69, 9.17) is 11.6 Å². The minimum Gasteiger partial charge on any atom is -0.296 e. The van der Waals surface area contributed by atoms with Crippen LogP contribution in [0, 0.1) is 0 Å². The largest absolute Gasteiger partial charge is 0.296 e. The number of hydrogen-bond donors (Lipinski definition) is 0. The summed E-state index contributed by atoms with van der Waals surface area (Å²) in [6.07, 6.45) is 0.740. The number of thiophene rings is 1. The molecule has 0 aliphatic carbocycles. The van der Waals surface area contributed by atoms with E-state index in [1.165, 1.54) is 22.7 Å². The van der Waals surface area contributed by atoms with Crippen LogP contribution in [0.5, 0.6) is 0 Å². The van der Waals surface area contributed by atoms with E-state index >= 15 is 0 Å². The van der Waals surface area contributed by atoms with Crippen LogP contribution < -0.4 is 0 Å². The lowest BCUT2D eigenvalue weighted by Crippen LogP contribution is -1.76. The highest BCUT2D eigenvalue weighted by Gasteiger charge is 2.09. The molecule has 0 saturated heterocycles. The van der Waals surface area contributed by atoms with Gasteiger partial charge >= 0.3 is 0 Å². The Labute approximate surface area is 102 Å². The van der Waals surface area contributed by atoms with Gasteiger partial charge in [0.05, 0.1) is 4.88 Å². The third kappa shape index (κ3) is 1.91. The van der Waals surface area contributed by atoms with Gasteiger partial charge in [0.15, 0.2) is 6.29 Å². The Morgan fingerprint density at radius 2 is 2.36 bits per heavy atom. The zero-order valence-electron chi connectivity index (χ0n) is 6.66. The molecule has 0 fully saturated rings. The molecule has 0 amide bonds. The lowest BCUT2D eigenvalue weighted by atomic mass is 10.5. The summed E-state index contributed by atoms with van der Waals surface area (Å²) in [5.74, 6) is 0. The Morgan fingerprint density at radius 1 is 1.57 bits per heavy atom. The van der Waals surface area contributed by atoms with Crippen molar-refractivity contribution in [2.24, 2.45) is 0 Å². The Hall–Kier alpha value is -0.230. The number of hydrogen-bond acceptors (Lipinski definition) is 4. The molecular weight excluding hydrogens is 306 g/mol. The lowest BCUT2D eigenvalue weighted by Gasteiger charge is -1.84. The Balaban J connectivity index is 2.43. The van der Waals surface area contributed by atoms with Crippen molar-refractivity contribution in [1.29, 1.82) is 0 Å².